The van der Waals surface area contributed by atoms with Gasteiger partial charge in [-0.1, -0.05) is 15.9 Å². The van der Waals surface area contributed by atoms with Crippen LogP contribution in [0.3, 0.4) is 0 Å². The summed E-state index contributed by atoms with van der Waals surface area (Å²) < 4.78 is 48.6. The monoisotopic (exact) mass is 327 g/mol. The van der Waals surface area contributed by atoms with Gasteiger partial charge in [0.2, 0.25) is 0 Å². The molecule has 0 aromatic heterocycles. The minimum atomic E-state index is -3.04. The van der Waals surface area contributed by atoms with E-state index in [1.165, 1.54) is 0 Å². The van der Waals surface area contributed by atoms with E-state index in [4.69, 9.17) is 0 Å². The minimum absolute atomic E-state index is 0.0141. The van der Waals surface area contributed by atoms with Crippen LogP contribution in [0, 0.1) is 11.6 Å². The third-order valence-corrected chi connectivity index (χ3v) is 3.49. The molecule has 0 amide bonds. The Balaban J connectivity index is 2.58. The number of sulfone groups is 1. The molecule has 0 aliphatic carbocycles. The predicted octanol–water partition coefficient (Wildman–Crippen LogP) is 2.57. The summed E-state index contributed by atoms with van der Waals surface area (Å²) in [5.74, 6) is -1.44. The van der Waals surface area contributed by atoms with Crippen LogP contribution in [0.2, 0.25) is 0 Å². The Kier molecular flexibility index (Phi) is 4.88. The van der Waals surface area contributed by atoms with E-state index >= 15 is 0 Å². The largest absolute Gasteiger partial charge is 0.380 e. The summed E-state index contributed by atoms with van der Waals surface area (Å²) in [4.78, 5) is 0. The summed E-state index contributed by atoms with van der Waals surface area (Å²) in [5.41, 5.74) is -0.235. The molecule has 0 bridgehead atoms. The van der Waals surface area contributed by atoms with Gasteiger partial charge < -0.3 is 5.32 Å². The highest BCUT2D eigenvalue weighted by Crippen LogP contribution is 2.23. The average molecular weight is 328 g/mol. The lowest BCUT2D eigenvalue weighted by atomic mass is 10.3. The Morgan fingerprint density at radius 3 is 2.29 bits per heavy atom. The zero-order chi connectivity index (χ0) is 13.1. The Hall–Kier alpha value is -0.690. The quantitative estimate of drug-likeness (QED) is 0.845. The lowest BCUT2D eigenvalue weighted by Gasteiger charge is -2.08. The van der Waals surface area contributed by atoms with Gasteiger partial charge in [-0.05, 0) is 18.6 Å². The molecule has 0 saturated carbocycles. The number of anilines is 1. The molecule has 0 spiro atoms. The highest BCUT2D eigenvalue weighted by atomic mass is 79.9. The molecule has 0 fully saturated rings. The molecule has 0 saturated heterocycles. The molecule has 0 unspecified atom stereocenters. The number of benzene rings is 1. The molecule has 0 aliphatic rings. The summed E-state index contributed by atoms with van der Waals surface area (Å²) >= 11 is 2.97. The van der Waals surface area contributed by atoms with Gasteiger partial charge in [0.05, 0.1) is 5.75 Å². The second kappa shape index (κ2) is 5.77. The van der Waals surface area contributed by atoms with Crippen LogP contribution < -0.4 is 5.32 Å². The predicted molar refractivity (Wildman–Crippen MR) is 66.9 cm³/mol. The van der Waals surface area contributed by atoms with Crippen molar-refractivity contribution in [1.82, 2.24) is 0 Å². The van der Waals surface area contributed by atoms with E-state index in [1.807, 2.05) is 0 Å². The number of hydrogen-bond acceptors (Lipinski definition) is 3. The maximum Gasteiger partial charge on any atom is 0.150 e. The molecule has 1 rings (SSSR count). The lowest BCUT2D eigenvalue weighted by Crippen LogP contribution is -2.11. The summed E-state index contributed by atoms with van der Waals surface area (Å²) in [6.07, 6.45) is 1.42. The number of nitrogens with one attached hydrogen (secondary N) is 1. The van der Waals surface area contributed by atoms with Crippen LogP contribution >= 0.6 is 15.9 Å². The Labute approximate surface area is 107 Å². The Morgan fingerprint density at radius 2 is 1.82 bits per heavy atom. The Morgan fingerprint density at radius 1 is 1.29 bits per heavy atom. The molecule has 0 radical (unpaired) electrons. The first kappa shape index (κ1) is 14.4. The van der Waals surface area contributed by atoms with E-state index in [-0.39, 0.29) is 18.0 Å². The van der Waals surface area contributed by atoms with Crippen molar-refractivity contribution in [2.24, 2.45) is 0 Å². The summed E-state index contributed by atoms with van der Waals surface area (Å²) in [7, 11) is -3.04. The molecule has 7 heteroatoms. The molecule has 1 aromatic rings. The molecule has 0 atom stereocenters. The van der Waals surface area contributed by atoms with Crippen molar-refractivity contribution < 1.29 is 17.2 Å². The summed E-state index contributed by atoms with van der Waals surface area (Å²) in [6, 6.07) is 2.28. The molecular formula is C10H12BrF2NO2S. The SMILES string of the molecule is CS(=O)(=O)CCCNc1c(F)cc(Br)cc1F. The van der Waals surface area contributed by atoms with Crippen molar-refractivity contribution in [3.8, 4) is 0 Å². The normalized spacial score (nSPS) is 11.5. The van der Waals surface area contributed by atoms with E-state index in [2.05, 4.69) is 21.2 Å². The molecule has 96 valence electrons. The third-order valence-electron chi connectivity index (χ3n) is 2.00. The average Bonchev–Trinajstić information content (AvgIpc) is 2.13. The second-order valence-corrected chi connectivity index (χ2v) is 6.83. The van der Waals surface area contributed by atoms with Gasteiger partial charge in [-0.15, -0.1) is 0 Å². The third kappa shape index (κ3) is 4.99. The van der Waals surface area contributed by atoms with Gasteiger partial charge in [0.25, 0.3) is 0 Å². The van der Waals surface area contributed by atoms with Crippen LogP contribution in [-0.2, 0) is 9.84 Å². The smallest absolute Gasteiger partial charge is 0.150 e. The highest BCUT2D eigenvalue weighted by Gasteiger charge is 2.10. The van der Waals surface area contributed by atoms with Gasteiger partial charge in [-0.2, -0.15) is 0 Å². The van der Waals surface area contributed by atoms with E-state index in [0.29, 0.717) is 10.9 Å². The van der Waals surface area contributed by atoms with Gasteiger partial charge in [-0.3, -0.25) is 0 Å². The highest BCUT2D eigenvalue weighted by molar-refractivity contribution is 9.10. The first-order valence-corrected chi connectivity index (χ1v) is 7.71. The molecule has 1 aromatic carbocycles. The summed E-state index contributed by atoms with van der Waals surface area (Å²) in [5, 5.41) is 2.55. The van der Waals surface area contributed by atoms with E-state index in [9.17, 15) is 17.2 Å². The van der Waals surface area contributed by atoms with Crippen LogP contribution in [0.4, 0.5) is 14.5 Å². The molecule has 1 N–H and O–H groups in total. The molecule has 3 nitrogen and oxygen atoms in total. The van der Waals surface area contributed by atoms with Crippen LogP contribution in [0.25, 0.3) is 0 Å². The van der Waals surface area contributed by atoms with Gasteiger partial charge in [0.1, 0.15) is 27.2 Å². The fourth-order valence-electron chi connectivity index (χ4n) is 1.26. The molecular weight excluding hydrogens is 316 g/mol. The van der Waals surface area contributed by atoms with Crippen LogP contribution in [0.5, 0.6) is 0 Å². The number of halogens is 3. The van der Waals surface area contributed by atoms with Gasteiger partial charge in [-0.25, -0.2) is 17.2 Å². The maximum atomic E-state index is 13.3. The minimum Gasteiger partial charge on any atom is -0.380 e. The summed E-state index contributed by atoms with van der Waals surface area (Å²) in [6.45, 7) is 0.197. The number of rotatable bonds is 5. The molecule has 17 heavy (non-hydrogen) atoms. The standard InChI is InChI=1S/C10H12BrF2NO2S/c1-17(15,16)4-2-3-14-10-8(12)5-7(11)6-9(10)13/h5-6,14H,2-4H2,1H3. The van der Waals surface area contributed by atoms with Crippen molar-refractivity contribution in [3.63, 3.8) is 0 Å². The fourth-order valence-corrected chi connectivity index (χ4v) is 2.33. The first-order chi connectivity index (χ1) is 7.79. The van der Waals surface area contributed by atoms with Crippen LogP contribution in [-0.4, -0.2) is 27.0 Å². The van der Waals surface area contributed by atoms with E-state index in [1.54, 1.807) is 0 Å². The van der Waals surface area contributed by atoms with E-state index in [0.717, 1.165) is 18.4 Å². The van der Waals surface area contributed by atoms with Crippen molar-refractivity contribution >= 4 is 31.5 Å². The van der Waals surface area contributed by atoms with Crippen molar-refractivity contribution in [2.75, 3.05) is 23.9 Å². The molecule has 0 aliphatic heterocycles. The van der Waals surface area contributed by atoms with Gasteiger partial charge in [0.15, 0.2) is 0 Å². The number of hydrogen-bond donors (Lipinski definition) is 1. The van der Waals surface area contributed by atoms with Gasteiger partial charge >= 0.3 is 0 Å². The fraction of sp³-hybridized carbons (Fsp3) is 0.400. The zero-order valence-electron chi connectivity index (χ0n) is 9.13. The van der Waals surface area contributed by atoms with Crippen LogP contribution in [0.1, 0.15) is 6.42 Å². The zero-order valence-corrected chi connectivity index (χ0v) is 11.5. The van der Waals surface area contributed by atoms with Crippen molar-refractivity contribution in [3.05, 3.63) is 28.2 Å². The topological polar surface area (TPSA) is 46.2 Å². The first-order valence-electron chi connectivity index (χ1n) is 4.86. The van der Waals surface area contributed by atoms with Crippen LogP contribution in [0.15, 0.2) is 16.6 Å². The van der Waals surface area contributed by atoms with Crippen molar-refractivity contribution in [2.45, 2.75) is 6.42 Å². The lowest BCUT2D eigenvalue weighted by molar-refractivity contribution is 0.586. The maximum absolute atomic E-state index is 13.3. The Bertz CT molecular complexity index is 482. The van der Waals surface area contributed by atoms with Crippen molar-refractivity contribution in [1.29, 1.82) is 0 Å². The molecule has 0 heterocycles. The van der Waals surface area contributed by atoms with E-state index < -0.39 is 21.5 Å². The van der Waals surface area contributed by atoms with Gasteiger partial charge in [0, 0.05) is 17.3 Å². The second-order valence-electron chi connectivity index (χ2n) is 3.65.